The Morgan fingerprint density at radius 3 is 2.30 bits per heavy atom. The minimum atomic E-state index is -0.0857. The van der Waals surface area contributed by atoms with Crippen molar-refractivity contribution in [3.05, 3.63) is 0 Å². The van der Waals surface area contributed by atoms with Crippen molar-refractivity contribution < 1.29 is 4.74 Å². The largest absolute Gasteiger partial charge is 0.391 e. The highest BCUT2D eigenvalue weighted by Gasteiger charge is 2.04. The molecule has 1 atom stereocenters. The Balaban J connectivity index is 3.40. The van der Waals surface area contributed by atoms with Gasteiger partial charge in [-0.15, -0.1) is 0 Å². The van der Waals surface area contributed by atoms with Crippen LogP contribution in [-0.2, 0) is 4.74 Å². The van der Waals surface area contributed by atoms with Crippen LogP contribution in [0.2, 0.25) is 0 Å². The zero-order valence-electron chi connectivity index (χ0n) is 6.76. The lowest BCUT2D eigenvalue weighted by molar-refractivity contribution is 0.0880. The van der Waals surface area contributed by atoms with Crippen LogP contribution in [-0.4, -0.2) is 17.7 Å². The summed E-state index contributed by atoms with van der Waals surface area (Å²) in [6.07, 6.45) is -0.0857. The van der Waals surface area contributed by atoms with Crippen LogP contribution in [0.5, 0.6) is 0 Å². The predicted molar refractivity (Wildman–Crippen MR) is 47.0 cm³/mol. The highest BCUT2D eigenvalue weighted by atomic mass is 32.1. The SMILES string of the molecule is CC(C)COC(C)C(N)=S. The van der Waals surface area contributed by atoms with Gasteiger partial charge in [-0.25, -0.2) is 0 Å². The molecule has 0 amide bonds. The van der Waals surface area contributed by atoms with Gasteiger partial charge in [0.1, 0.15) is 11.1 Å². The Bertz CT molecular complexity index is 114. The van der Waals surface area contributed by atoms with Gasteiger partial charge in [0.2, 0.25) is 0 Å². The number of ether oxygens (including phenoxy) is 1. The summed E-state index contributed by atoms with van der Waals surface area (Å²) in [6.45, 7) is 6.77. The van der Waals surface area contributed by atoms with Crippen molar-refractivity contribution in [1.82, 2.24) is 0 Å². The standard InChI is InChI=1S/C7H15NOS/c1-5(2)4-9-6(3)7(8)10/h5-6H,4H2,1-3H3,(H2,8,10). The first-order chi connectivity index (χ1) is 4.54. The molecule has 0 aromatic heterocycles. The van der Waals surface area contributed by atoms with Crippen molar-refractivity contribution in [2.45, 2.75) is 26.9 Å². The van der Waals surface area contributed by atoms with Crippen LogP contribution in [0.4, 0.5) is 0 Å². The van der Waals surface area contributed by atoms with Gasteiger partial charge in [-0.1, -0.05) is 26.1 Å². The lowest BCUT2D eigenvalue weighted by Gasteiger charge is -2.12. The molecule has 0 saturated heterocycles. The maximum atomic E-state index is 5.33. The van der Waals surface area contributed by atoms with Gasteiger partial charge in [-0.3, -0.25) is 0 Å². The zero-order chi connectivity index (χ0) is 8.15. The summed E-state index contributed by atoms with van der Waals surface area (Å²) in [7, 11) is 0. The normalized spacial score (nSPS) is 13.6. The molecule has 1 unspecified atom stereocenters. The molecule has 10 heavy (non-hydrogen) atoms. The Labute approximate surface area is 67.7 Å². The summed E-state index contributed by atoms with van der Waals surface area (Å²) >= 11 is 4.72. The third kappa shape index (κ3) is 4.70. The first-order valence-corrected chi connectivity index (χ1v) is 3.85. The summed E-state index contributed by atoms with van der Waals surface area (Å²) in [5.41, 5.74) is 5.33. The van der Waals surface area contributed by atoms with Gasteiger partial charge < -0.3 is 10.5 Å². The molecule has 0 heterocycles. The molecule has 0 aromatic rings. The highest BCUT2D eigenvalue weighted by Crippen LogP contribution is 1.97. The number of nitrogens with two attached hydrogens (primary N) is 1. The van der Waals surface area contributed by atoms with E-state index in [0.29, 0.717) is 10.9 Å². The van der Waals surface area contributed by atoms with Crippen LogP contribution in [0.15, 0.2) is 0 Å². The molecule has 3 heteroatoms. The second-order valence-corrected chi connectivity index (χ2v) is 3.24. The summed E-state index contributed by atoms with van der Waals surface area (Å²) in [4.78, 5) is 0.431. The number of rotatable bonds is 4. The molecule has 0 radical (unpaired) electrons. The Hall–Kier alpha value is -0.150. The van der Waals surface area contributed by atoms with E-state index in [1.165, 1.54) is 0 Å². The van der Waals surface area contributed by atoms with E-state index < -0.39 is 0 Å². The molecule has 2 N–H and O–H groups in total. The van der Waals surface area contributed by atoms with Crippen LogP contribution < -0.4 is 5.73 Å². The fraction of sp³-hybridized carbons (Fsp3) is 0.857. The molecule has 0 aliphatic rings. The quantitative estimate of drug-likeness (QED) is 0.632. The van der Waals surface area contributed by atoms with Crippen LogP contribution in [0.25, 0.3) is 0 Å². The van der Waals surface area contributed by atoms with Gasteiger partial charge in [0.25, 0.3) is 0 Å². The molecule has 0 aliphatic carbocycles. The number of thiocarbonyl (C=S) groups is 1. The lowest BCUT2D eigenvalue weighted by atomic mass is 10.2. The van der Waals surface area contributed by atoms with Gasteiger partial charge in [-0.2, -0.15) is 0 Å². The fourth-order valence-corrected chi connectivity index (χ4v) is 0.487. The highest BCUT2D eigenvalue weighted by molar-refractivity contribution is 7.80. The van der Waals surface area contributed by atoms with E-state index in [9.17, 15) is 0 Å². The summed E-state index contributed by atoms with van der Waals surface area (Å²) in [6, 6.07) is 0. The maximum Gasteiger partial charge on any atom is 0.104 e. The average molecular weight is 161 g/mol. The minimum absolute atomic E-state index is 0.0857. The van der Waals surface area contributed by atoms with E-state index in [0.717, 1.165) is 6.61 Å². The molecule has 0 spiro atoms. The van der Waals surface area contributed by atoms with E-state index in [-0.39, 0.29) is 6.10 Å². The van der Waals surface area contributed by atoms with Gasteiger partial charge in [0, 0.05) is 6.61 Å². The van der Waals surface area contributed by atoms with Crippen LogP contribution >= 0.6 is 12.2 Å². The summed E-state index contributed by atoms with van der Waals surface area (Å²) in [5, 5.41) is 0. The molecule has 0 saturated carbocycles. The van der Waals surface area contributed by atoms with Crippen molar-refractivity contribution in [2.75, 3.05) is 6.61 Å². The zero-order valence-corrected chi connectivity index (χ0v) is 7.57. The Morgan fingerprint density at radius 1 is 1.50 bits per heavy atom. The topological polar surface area (TPSA) is 35.2 Å². The maximum absolute atomic E-state index is 5.33. The molecule has 0 aliphatic heterocycles. The molecule has 2 nitrogen and oxygen atoms in total. The minimum Gasteiger partial charge on any atom is -0.391 e. The molecule has 0 bridgehead atoms. The Morgan fingerprint density at radius 2 is 2.00 bits per heavy atom. The third-order valence-electron chi connectivity index (χ3n) is 1.08. The van der Waals surface area contributed by atoms with Gasteiger partial charge in [0.05, 0.1) is 0 Å². The van der Waals surface area contributed by atoms with Crippen molar-refractivity contribution in [3.63, 3.8) is 0 Å². The monoisotopic (exact) mass is 161 g/mol. The molecular formula is C7H15NOS. The van der Waals surface area contributed by atoms with Crippen LogP contribution in [0.3, 0.4) is 0 Å². The van der Waals surface area contributed by atoms with Crippen molar-refractivity contribution in [2.24, 2.45) is 11.7 Å². The second-order valence-electron chi connectivity index (χ2n) is 2.77. The molecule has 0 rings (SSSR count). The first kappa shape index (κ1) is 9.85. The number of hydrogen-bond acceptors (Lipinski definition) is 2. The van der Waals surface area contributed by atoms with E-state index in [1.807, 2.05) is 6.92 Å². The molecule has 0 fully saturated rings. The van der Waals surface area contributed by atoms with E-state index in [1.54, 1.807) is 0 Å². The van der Waals surface area contributed by atoms with Gasteiger partial charge in [-0.05, 0) is 12.8 Å². The molecule has 0 aromatic carbocycles. The lowest BCUT2D eigenvalue weighted by Crippen LogP contribution is -2.27. The van der Waals surface area contributed by atoms with Crippen molar-refractivity contribution in [1.29, 1.82) is 0 Å². The smallest absolute Gasteiger partial charge is 0.104 e. The predicted octanol–water partition coefficient (Wildman–Crippen LogP) is 1.33. The molecule has 60 valence electrons. The van der Waals surface area contributed by atoms with Crippen molar-refractivity contribution in [3.8, 4) is 0 Å². The first-order valence-electron chi connectivity index (χ1n) is 3.45. The Kier molecular flexibility index (Phi) is 4.56. The summed E-state index contributed by atoms with van der Waals surface area (Å²) < 4.78 is 5.30. The van der Waals surface area contributed by atoms with E-state index in [2.05, 4.69) is 13.8 Å². The molecular weight excluding hydrogens is 146 g/mol. The van der Waals surface area contributed by atoms with Crippen LogP contribution in [0, 0.1) is 5.92 Å². The summed E-state index contributed by atoms with van der Waals surface area (Å²) in [5.74, 6) is 0.539. The van der Waals surface area contributed by atoms with E-state index in [4.69, 9.17) is 22.7 Å². The third-order valence-corrected chi connectivity index (χ3v) is 1.41. The van der Waals surface area contributed by atoms with Crippen molar-refractivity contribution >= 4 is 17.2 Å². The second kappa shape index (κ2) is 4.63. The van der Waals surface area contributed by atoms with Gasteiger partial charge >= 0.3 is 0 Å². The average Bonchev–Trinajstić information content (AvgIpc) is 1.82. The van der Waals surface area contributed by atoms with Crippen LogP contribution in [0.1, 0.15) is 20.8 Å². The van der Waals surface area contributed by atoms with Gasteiger partial charge in [0.15, 0.2) is 0 Å². The number of hydrogen-bond donors (Lipinski definition) is 1. The fourth-order valence-electron chi connectivity index (χ4n) is 0.419. The van der Waals surface area contributed by atoms with E-state index >= 15 is 0 Å².